The van der Waals surface area contributed by atoms with Crippen LogP contribution in [-0.4, -0.2) is 42.1 Å². The fourth-order valence-corrected chi connectivity index (χ4v) is 1.63. The van der Waals surface area contributed by atoms with Crippen molar-refractivity contribution in [1.29, 1.82) is 0 Å². The number of alkyl halides is 3. The number of nitrogens with zero attached hydrogens (tertiary/aromatic N) is 1. The highest BCUT2D eigenvalue weighted by Crippen LogP contribution is 2.29. The number of aliphatic carboxylic acids is 1. The number of halogens is 3. The molecule has 0 radical (unpaired) electrons. The Morgan fingerprint density at radius 3 is 2.24 bits per heavy atom. The van der Waals surface area contributed by atoms with Gasteiger partial charge in [0, 0.05) is 13.7 Å². The highest BCUT2D eigenvalue weighted by molar-refractivity contribution is 5.82. The van der Waals surface area contributed by atoms with E-state index in [4.69, 9.17) is 5.11 Å². The molecule has 21 heavy (non-hydrogen) atoms. The molecule has 0 aliphatic rings. The van der Waals surface area contributed by atoms with Crippen molar-refractivity contribution >= 4 is 11.9 Å². The molecule has 0 saturated carbocycles. The quantitative estimate of drug-likeness (QED) is 0.870. The molecule has 0 saturated heterocycles. The van der Waals surface area contributed by atoms with Crippen LogP contribution in [0.1, 0.15) is 11.1 Å². The Balaban J connectivity index is 2.83. The van der Waals surface area contributed by atoms with Gasteiger partial charge in [0.15, 0.2) is 0 Å². The summed E-state index contributed by atoms with van der Waals surface area (Å²) in [6, 6.07) is 4.18. The van der Waals surface area contributed by atoms with Crippen molar-refractivity contribution in [2.45, 2.75) is 12.7 Å². The van der Waals surface area contributed by atoms with Gasteiger partial charge in [-0.05, 0) is 17.7 Å². The predicted octanol–water partition coefficient (Wildman–Crippen LogP) is 1.77. The van der Waals surface area contributed by atoms with E-state index in [9.17, 15) is 22.8 Å². The van der Waals surface area contributed by atoms with Crippen LogP contribution in [0.2, 0.25) is 0 Å². The summed E-state index contributed by atoms with van der Waals surface area (Å²) in [4.78, 5) is 23.4. The topological polar surface area (TPSA) is 66.8 Å². The summed E-state index contributed by atoms with van der Waals surface area (Å²) in [6.45, 7) is -0.955. The van der Waals surface area contributed by atoms with Gasteiger partial charge < -0.3 is 14.7 Å². The first-order chi connectivity index (χ1) is 9.74. The van der Waals surface area contributed by atoms with Gasteiger partial charge >= 0.3 is 12.1 Å². The summed E-state index contributed by atoms with van der Waals surface area (Å²) >= 11 is 0. The second-order valence-corrected chi connectivity index (χ2v) is 4.27. The number of amides is 1. The molecule has 8 heteroatoms. The van der Waals surface area contributed by atoms with Crippen molar-refractivity contribution in [3.63, 3.8) is 0 Å². The van der Waals surface area contributed by atoms with E-state index in [-0.39, 0.29) is 13.2 Å². The zero-order valence-corrected chi connectivity index (χ0v) is 11.2. The Bertz CT molecular complexity index is 499. The number of rotatable bonds is 6. The third kappa shape index (κ3) is 5.42. The number of ether oxygens (including phenoxy) is 1. The van der Waals surface area contributed by atoms with E-state index in [1.807, 2.05) is 0 Å². The predicted molar refractivity (Wildman–Crippen MR) is 66.4 cm³/mol. The Hall–Kier alpha value is -2.09. The summed E-state index contributed by atoms with van der Waals surface area (Å²) in [5.41, 5.74) is -0.409. The molecular formula is C13H14F3NO4. The van der Waals surface area contributed by atoms with E-state index in [0.717, 1.165) is 17.0 Å². The van der Waals surface area contributed by atoms with E-state index in [1.165, 1.54) is 19.2 Å². The highest BCUT2D eigenvalue weighted by Gasteiger charge is 2.30. The second kappa shape index (κ2) is 7.07. The first kappa shape index (κ1) is 17.0. The van der Waals surface area contributed by atoms with Gasteiger partial charge in [-0.3, -0.25) is 9.59 Å². The van der Waals surface area contributed by atoms with Crippen LogP contribution in [-0.2, 0) is 27.0 Å². The molecule has 1 N–H and O–H groups in total. The molecule has 0 aromatic heterocycles. The number of methoxy groups -OCH3 is 1. The summed E-state index contributed by atoms with van der Waals surface area (Å²) in [5.74, 6) is -1.77. The number of carboxylic acids is 1. The lowest BCUT2D eigenvalue weighted by molar-refractivity contribution is -0.146. The monoisotopic (exact) mass is 305 g/mol. The molecule has 0 aliphatic heterocycles. The standard InChI is InChI=1S/C13H14F3NO4/c1-21-8-11(18)17(7-12(19)20)6-9-2-4-10(5-3-9)13(14,15)16/h2-5H,6-8H2,1H3,(H,19,20). The maximum absolute atomic E-state index is 12.4. The Morgan fingerprint density at radius 1 is 1.24 bits per heavy atom. The van der Waals surface area contributed by atoms with Crippen molar-refractivity contribution in [3.8, 4) is 0 Å². The van der Waals surface area contributed by atoms with Crippen LogP contribution in [0, 0.1) is 0 Å². The second-order valence-electron chi connectivity index (χ2n) is 4.27. The fourth-order valence-electron chi connectivity index (χ4n) is 1.63. The molecule has 0 bridgehead atoms. The number of benzene rings is 1. The zero-order chi connectivity index (χ0) is 16.0. The van der Waals surface area contributed by atoms with Crippen LogP contribution in [0.15, 0.2) is 24.3 Å². The van der Waals surface area contributed by atoms with E-state index >= 15 is 0 Å². The van der Waals surface area contributed by atoms with Gasteiger partial charge in [-0.15, -0.1) is 0 Å². The number of hydrogen-bond donors (Lipinski definition) is 1. The van der Waals surface area contributed by atoms with Crippen molar-refractivity contribution in [2.75, 3.05) is 20.3 Å². The number of carbonyl (C=O) groups excluding carboxylic acids is 1. The Kier molecular flexibility index (Phi) is 5.71. The zero-order valence-electron chi connectivity index (χ0n) is 11.2. The number of carboxylic acid groups (broad SMARTS) is 1. The third-order valence-electron chi connectivity index (χ3n) is 2.60. The normalized spacial score (nSPS) is 11.2. The molecule has 0 spiro atoms. The summed E-state index contributed by atoms with van der Waals surface area (Å²) in [7, 11) is 1.29. The average Bonchev–Trinajstić information content (AvgIpc) is 2.37. The molecule has 0 atom stereocenters. The summed E-state index contributed by atoms with van der Waals surface area (Å²) < 4.78 is 41.9. The number of hydrogen-bond acceptors (Lipinski definition) is 3. The highest BCUT2D eigenvalue weighted by atomic mass is 19.4. The molecule has 0 heterocycles. The van der Waals surface area contributed by atoms with Gasteiger partial charge in [0.05, 0.1) is 5.56 Å². The van der Waals surface area contributed by atoms with Gasteiger partial charge in [-0.1, -0.05) is 12.1 Å². The van der Waals surface area contributed by atoms with Crippen LogP contribution in [0.4, 0.5) is 13.2 Å². The molecule has 116 valence electrons. The van der Waals surface area contributed by atoms with E-state index in [1.54, 1.807) is 0 Å². The van der Waals surface area contributed by atoms with Crippen LogP contribution < -0.4 is 0 Å². The van der Waals surface area contributed by atoms with Crippen LogP contribution in [0.3, 0.4) is 0 Å². The minimum absolute atomic E-state index is 0.105. The smallest absolute Gasteiger partial charge is 0.416 e. The van der Waals surface area contributed by atoms with Crippen LogP contribution in [0.25, 0.3) is 0 Å². The van der Waals surface area contributed by atoms with Gasteiger partial charge in [-0.2, -0.15) is 13.2 Å². The van der Waals surface area contributed by atoms with Gasteiger partial charge in [0.2, 0.25) is 5.91 Å². The average molecular weight is 305 g/mol. The molecule has 5 nitrogen and oxygen atoms in total. The lowest BCUT2D eigenvalue weighted by Gasteiger charge is -2.20. The largest absolute Gasteiger partial charge is 0.480 e. The molecule has 1 aromatic rings. The first-order valence-corrected chi connectivity index (χ1v) is 5.88. The van der Waals surface area contributed by atoms with E-state index in [2.05, 4.69) is 4.74 Å². The van der Waals surface area contributed by atoms with Crippen molar-refractivity contribution < 1.29 is 32.6 Å². The Morgan fingerprint density at radius 2 is 1.81 bits per heavy atom. The van der Waals surface area contributed by atoms with Gasteiger partial charge in [0.1, 0.15) is 13.2 Å². The van der Waals surface area contributed by atoms with Crippen molar-refractivity contribution in [3.05, 3.63) is 35.4 Å². The SMILES string of the molecule is COCC(=O)N(CC(=O)O)Cc1ccc(C(F)(F)F)cc1. The minimum Gasteiger partial charge on any atom is -0.480 e. The van der Waals surface area contributed by atoms with Gasteiger partial charge in [0.25, 0.3) is 0 Å². The minimum atomic E-state index is -4.44. The lowest BCUT2D eigenvalue weighted by Crippen LogP contribution is -2.37. The molecule has 0 aliphatic carbocycles. The first-order valence-electron chi connectivity index (χ1n) is 5.88. The molecule has 1 aromatic carbocycles. The van der Waals surface area contributed by atoms with Crippen molar-refractivity contribution in [2.24, 2.45) is 0 Å². The Labute approximate surface area is 118 Å². The molecular weight excluding hydrogens is 291 g/mol. The summed E-state index contributed by atoms with van der Waals surface area (Å²) in [5, 5.41) is 8.75. The number of carbonyl (C=O) groups is 2. The molecule has 0 unspecified atom stereocenters. The molecule has 1 amide bonds. The van der Waals surface area contributed by atoms with Crippen LogP contribution >= 0.6 is 0 Å². The molecule has 0 fully saturated rings. The van der Waals surface area contributed by atoms with E-state index in [0.29, 0.717) is 5.56 Å². The van der Waals surface area contributed by atoms with Crippen LogP contribution in [0.5, 0.6) is 0 Å². The maximum Gasteiger partial charge on any atom is 0.416 e. The van der Waals surface area contributed by atoms with Gasteiger partial charge in [-0.25, -0.2) is 0 Å². The van der Waals surface area contributed by atoms with Crippen molar-refractivity contribution in [1.82, 2.24) is 4.90 Å². The lowest BCUT2D eigenvalue weighted by atomic mass is 10.1. The third-order valence-corrected chi connectivity index (χ3v) is 2.60. The van der Waals surface area contributed by atoms with E-state index < -0.39 is 30.2 Å². The summed E-state index contributed by atoms with van der Waals surface area (Å²) in [6.07, 6.45) is -4.44. The molecule has 1 rings (SSSR count). The fraction of sp³-hybridized carbons (Fsp3) is 0.385. The maximum atomic E-state index is 12.4.